The van der Waals surface area contributed by atoms with E-state index >= 15 is 0 Å². The quantitative estimate of drug-likeness (QED) is 0.749. The smallest absolute Gasteiger partial charge is 0.320 e. The number of benzene rings is 1. The number of likely N-dealkylation sites (tertiary alicyclic amines) is 2. The summed E-state index contributed by atoms with van der Waals surface area (Å²) in [6, 6.07) is 8.43. The molecule has 4 saturated heterocycles. The van der Waals surface area contributed by atoms with Crippen molar-refractivity contribution in [3.63, 3.8) is 0 Å². The van der Waals surface area contributed by atoms with Crippen molar-refractivity contribution in [3.05, 3.63) is 29.8 Å². The van der Waals surface area contributed by atoms with Gasteiger partial charge in [0.2, 0.25) is 5.91 Å². The van der Waals surface area contributed by atoms with Gasteiger partial charge in [0.1, 0.15) is 6.61 Å². The van der Waals surface area contributed by atoms with Gasteiger partial charge in [0.25, 0.3) is 0 Å². The topological polar surface area (TPSA) is 85.3 Å². The van der Waals surface area contributed by atoms with Gasteiger partial charge in [0.05, 0.1) is 17.7 Å². The number of urea groups is 1. The van der Waals surface area contributed by atoms with E-state index in [1.165, 1.54) is 5.56 Å². The molecular weight excluding hydrogens is 372 g/mol. The van der Waals surface area contributed by atoms with Crippen LogP contribution < -0.4 is 10.2 Å². The molecule has 4 aliphatic rings. The molecule has 3 amide bonds. The van der Waals surface area contributed by atoms with Gasteiger partial charge in [0.15, 0.2) is 0 Å². The number of piperidine rings is 1. The van der Waals surface area contributed by atoms with Crippen LogP contribution >= 0.6 is 0 Å². The normalized spacial score (nSPS) is 28.9. The Kier molecular flexibility index (Phi) is 4.43. The zero-order valence-corrected chi connectivity index (χ0v) is 16.7. The molecule has 29 heavy (non-hydrogen) atoms. The molecule has 1 aromatic rings. The first-order valence-corrected chi connectivity index (χ1v) is 10.4. The number of hydrogen-bond acceptors (Lipinski definition) is 5. The minimum absolute atomic E-state index is 0.0227. The van der Waals surface area contributed by atoms with Gasteiger partial charge in [-0.25, -0.2) is 4.79 Å². The van der Waals surface area contributed by atoms with Crippen LogP contribution in [0.15, 0.2) is 24.3 Å². The van der Waals surface area contributed by atoms with Crippen molar-refractivity contribution >= 4 is 17.6 Å². The summed E-state index contributed by atoms with van der Waals surface area (Å²) in [7, 11) is 0. The number of aliphatic hydroxyl groups is 1. The summed E-state index contributed by atoms with van der Waals surface area (Å²) in [4.78, 5) is 30.3. The molecule has 8 heteroatoms. The van der Waals surface area contributed by atoms with Crippen molar-refractivity contribution in [2.24, 2.45) is 0 Å². The molecule has 0 saturated carbocycles. The Morgan fingerprint density at radius 2 is 1.90 bits per heavy atom. The van der Waals surface area contributed by atoms with Gasteiger partial charge in [-0.15, -0.1) is 0 Å². The van der Waals surface area contributed by atoms with Crippen LogP contribution in [0.3, 0.4) is 0 Å². The molecule has 0 bridgehead atoms. The first-order chi connectivity index (χ1) is 13.9. The van der Waals surface area contributed by atoms with E-state index in [9.17, 15) is 14.7 Å². The first-order valence-electron chi connectivity index (χ1n) is 10.4. The second kappa shape index (κ2) is 6.88. The number of anilines is 1. The van der Waals surface area contributed by atoms with E-state index in [1.807, 2.05) is 16.7 Å². The van der Waals surface area contributed by atoms with Crippen LogP contribution in [0.1, 0.15) is 24.8 Å². The summed E-state index contributed by atoms with van der Waals surface area (Å²) in [6.45, 7) is 5.96. The number of fused-ring (bicyclic) bond motifs is 1. The van der Waals surface area contributed by atoms with Gasteiger partial charge in [-0.05, 0) is 31.0 Å². The second-order valence-corrected chi connectivity index (χ2v) is 9.09. The number of morpholine rings is 1. The fourth-order valence-corrected chi connectivity index (χ4v) is 4.84. The van der Waals surface area contributed by atoms with E-state index in [2.05, 4.69) is 34.5 Å². The standard InChI is InChI=1S/C21H28N4O4/c1-21(28)12-25(13-21)16-4-2-14(3-5-16)15-8-24(9-15)20(27)23-7-6-18-17(10-23)22-19(26)11-29-18/h2-5,15,17-18,28H,6-13H2,1H3,(H,22,26)/t17-,18+/m1/s1. The van der Waals surface area contributed by atoms with E-state index < -0.39 is 5.60 Å². The molecule has 8 nitrogen and oxygen atoms in total. The van der Waals surface area contributed by atoms with Crippen molar-refractivity contribution < 1.29 is 19.4 Å². The third-order valence-corrected chi connectivity index (χ3v) is 6.54. The van der Waals surface area contributed by atoms with Crippen LogP contribution in [0.4, 0.5) is 10.5 Å². The molecule has 2 atom stereocenters. The van der Waals surface area contributed by atoms with Crippen LogP contribution in [0.2, 0.25) is 0 Å². The summed E-state index contributed by atoms with van der Waals surface area (Å²) >= 11 is 0. The summed E-state index contributed by atoms with van der Waals surface area (Å²) in [5.41, 5.74) is 1.80. The number of carbonyl (C=O) groups is 2. The van der Waals surface area contributed by atoms with Gasteiger partial charge in [-0.3, -0.25) is 4.79 Å². The maximum atomic E-state index is 12.8. The average Bonchev–Trinajstić information content (AvgIpc) is 2.64. The molecule has 0 spiro atoms. The minimum atomic E-state index is -0.575. The number of carbonyl (C=O) groups excluding carboxylic acids is 2. The lowest BCUT2D eigenvalue weighted by atomic mass is 9.90. The molecule has 5 rings (SSSR count). The maximum absolute atomic E-state index is 12.8. The number of ether oxygens (including phenoxy) is 1. The zero-order valence-electron chi connectivity index (χ0n) is 16.7. The predicted octanol–water partition coefficient (Wildman–Crippen LogP) is 0.366. The predicted molar refractivity (Wildman–Crippen MR) is 107 cm³/mol. The van der Waals surface area contributed by atoms with E-state index in [0.717, 1.165) is 25.2 Å². The highest BCUT2D eigenvalue weighted by Crippen LogP contribution is 2.32. The van der Waals surface area contributed by atoms with Crippen molar-refractivity contribution in [2.45, 2.75) is 37.0 Å². The second-order valence-electron chi connectivity index (χ2n) is 9.09. The lowest BCUT2D eigenvalue weighted by Gasteiger charge is -2.47. The fraction of sp³-hybridized carbons (Fsp3) is 0.619. The number of nitrogens with one attached hydrogen (secondary N) is 1. The summed E-state index contributed by atoms with van der Waals surface area (Å²) in [6.07, 6.45) is 0.785. The van der Waals surface area contributed by atoms with Crippen LogP contribution in [0.5, 0.6) is 0 Å². The molecular formula is C21H28N4O4. The molecule has 0 aliphatic carbocycles. The zero-order chi connectivity index (χ0) is 20.2. The molecule has 4 fully saturated rings. The van der Waals surface area contributed by atoms with Crippen LogP contribution in [0.25, 0.3) is 0 Å². The Bertz CT molecular complexity index is 797. The van der Waals surface area contributed by atoms with Gasteiger partial charge in [-0.1, -0.05) is 12.1 Å². The Hall–Kier alpha value is -2.32. The Labute approximate surface area is 170 Å². The SMILES string of the molecule is CC1(O)CN(c2ccc(C3CN(C(=O)N4CC[C@@H]5OCC(=O)N[C@@H]5C4)C3)cc2)C1. The van der Waals surface area contributed by atoms with Crippen LogP contribution in [0, 0.1) is 0 Å². The molecule has 2 N–H and O–H groups in total. The molecule has 0 radical (unpaired) electrons. The molecule has 156 valence electrons. The van der Waals surface area contributed by atoms with Gasteiger partial charge < -0.3 is 29.9 Å². The molecule has 4 aliphatic heterocycles. The molecule has 0 aromatic heterocycles. The number of β-amino-alcohol motifs (C(OH)–C–C–N with tert-alkyl or cyclic N) is 1. The van der Waals surface area contributed by atoms with Gasteiger partial charge >= 0.3 is 6.03 Å². The van der Waals surface area contributed by atoms with Crippen molar-refractivity contribution in [2.75, 3.05) is 50.8 Å². The Balaban J connectivity index is 1.13. The van der Waals surface area contributed by atoms with Crippen molar-refractivity contribution in [3.8, 4) is 0 Å². The lowest BCUT2D eigenvalue weighted by Crippen LogP contribution is -2.63. The highest BCUT2D eigenvalue weighted by molar-refractivity contribution is 5.79. The monoisotopic (exact) mass is 400 g/mol. The van der Waals surface area contributed by atoms with Crippen molar-refractivity contribution in [1.29, 1.82) is 0 Å². The van der Waals surface area contributed by atoms with Crippen LogP contribution in [-0.2, 0) is 9.53 Å². The maximum Gasteiger partial charge on any atom is 0.320 e. The number of rotatable bonds is 2. The van der Waals surface area contributed by atoms with E-state index in [0.29, 0.717) is 32.1 Å². The average molecular weight is 400 g/mol. The summed E-state index contributed by atoms with van der Waals surface area (Å²) < 4.78 is 5.57. The fourth-order valence-electron chi connectivity index (χ4n) is 4.84. The first kappa shape index (κ1) is 18.7. The largest absolute Gasteiger partial charge is 0.386 e. The van der Waals surface area contributed by atoms with E-state index in [-0.39, 0.29) is 30.7 Å². The third kappa shape index (κ3) is 3.55. The van der Waals surface area contributed by atoms with E-state index in [1.54, 1.807) is 0 Å². The minimum Gasteiger partial charge on any atom is -0.386 e. The van der Waals surface area contributed by atoms with E-state index in [4.69, 9.17) is 4.74 Å². The number of amides is 3. The number of hydrogen-bond donors (Lipinski definition) is 2. The highest BCUT2D eigenvalue weighted by Gasteiger charge is 2.40. The van der Waals surface area contributed by atoms with Gasteiger partial charge in [0, 0.05) is 50.9 Å². The highest BCUT2D eigenvalue weighted by atomic mass is 16.5. The summed E-state index contributed by atoms with van der Waals surface area (Å²) in [5, 5.41) is 12.8. The van der Waals surface area contributed by atoms with Crippen LogP contribution in [-0.4, -0.2) is 90.5 Å². The molecule has 4 heterocycles. The summed E-state index contributed by atoms with van der Waals surface area (Å²) in [5.74, 6) is 0.262. The number of nitrogens with zero attached hydrogens (tertiary/aromatic N) is 3. The Morgan fingerprint density at radius 3 is 2.59 bits per heavy atom. The molecule has 0 unspecified atom stereocenters. The molecule has 1 aromatic carbocycles. The lowest BCUT2D eigenvalue weighted by molar-refractivity contribution is -0.139. The third-order valence-electron chi connectivity index (χ3n) is 6.54. The van der Waals surface area contributed by atoms with Crippen molar-refractivity contribution in [1.82, 2.24) is 15.1 Å². The Morgan fingerprint density at radius 1 is 1.17 bits per heavy atom. The van der Waals surface area contributed by atoms with Gasteiger partial charge in [-0.2, -0.15) is 0 Å².